The number of nitrogens with one attached hydrogen (secondary N) is 1. The van der Waals surface area contributed by atoms with E-state index in [1.165, 1.54) is 0 Å². The highest BCUT2D eigenvalue weighted by Crippen LogP contribution is 2.22. The molecule has 2 heterocycles. The van der Waals surface area contributed by atoms with Crippen LogP contribution in [0, 0.1) is 5.92 Å². The van der Waals surface area contributed by atoms with Crippen LogP contribution < -0.4 is 5.32 Å². The highest BCUT2D eigenvalue weighted by molar-refractivity contribution is 5.95. The number of aryl methyl sites for hydroxylation is 1. The van der Waals surface area contributed by atoms with Gasteiger partial charge in [-0.15, -0.1) is 0 Å². The zero-order chi connectivity index (χ0) is 17.8. The summed E-state index contributed by atoms with van der Waals surface area (Å²) in [4.78, 5) is 14.6. The average Bonchev–Trinajstić information content (AvgIpc) is 3.08. The summed E-state index contributed by atoms with van der Waals surface area (Å²) in [5.41, 5.74) is 2.73. The second-order valence-electron chi connectivity index (χ2n) is 6.81. The van der Waals surface area contributed by atoms with Crippen molar-refractivity contribution in [1.82, 2.24) is 14.7 Å². The molecule has 1 atom stereocenters. The van der Waals surface area contributed by atoms with E-state index in [1.807, 2.05) is 48.6 Å². The van der Waals surface area contributed by atoms with Gasteiger partial charge in [0, 0.05) is 49.8 Å². The number of aliphatic hydroxyl groups is 1. The molecule has 25 heavy (non-hydrogen) atoms. The number of piperidine rings is 1. The van der Waals surface area contributed by atoms with Gasteiger partial charge in [0.1, 0.15) is 0 Å². The smallest absolute Gasteiger partial charge is 0.253 e. The van der Waals surface area contributed by atoms with E-state index in [4.69, 9.17) is 0 Å². The number of aromatic nitrogens is 2. The molecule has 1 saturated heterocycles. The van der Waals surface area contributed by atoms with Gasteiger partial charge in [0.2, 0.25) is 0 Å². The summed E-state index contributed by atoms with van der Waals surface area (Å²) in [6.45, 7) is 3.72. The minimum Gasteiger partial charge on any atom is -0.396 e. The van der Waals surface area contributed by atoms with Gasteiger partial charge in [0.05, 0.1) is 12.2 Å². The van der Waals surface area contributed by atoms with Gasteiger partial charge in [-0.2, -0.15) is 5.10 Å². The molecule has 0 saturated carbocycles. The molecular weight excluding hydrogens is 316 g/mol. The van der Waals surface area contributed by atoms with E-state index in [0.29, 0.717) is 24.6 Å². The third-order valence-corrected chi connectivity index (χ3v) is 4.88. The molecule has 1 fully saturated rings. The maximum Gasteiger partial charge on any atom is 0.253 e. The van der Waals surface area contributed by atoms with Crippen molar-refractivity contribution in [3.8, 4) is 0 Å². The van der Waals surface area contributed by atoms with Gasteiger partial charge in [-0.05, 0) is 43.9 Å². The van der Waals surface area contributed by atoms with Crippen LogP contribution in [-0.4, -0.2) is 45.4 Å². The Kier molecular flexibility index (Phi) is 5.38. The van der Waals surface area contributed by atoms with Gasteiger partial charge < -0.3 is 15.3 Å². The second kappa shape index (κ2) is 7.70. The second-order valence-corrected chi connectivity index (χ2v) is 6.81. The number of rotatable bonds is 5. The molecule has 1 unspecified atom stereocenters. The summed E-state index contributed by atoms with van der Waals surface area (Å²) in [6.07, 6.45) is 5.58. The summed E-state index contributed by atoms with van der Waals surface area (Å²) in [5.74, 6) is 0.395. The Hall–Kier alpha value is -2.34. The van der Waals surface area contributed by atoms with Crippen LogP contribution in [0.3, 0.4) is 0 Å². The summed E-state index contributed by atoms with van der Waals surface area (Å²) in [5, 5.41) is 16.9. The number of amides is 1. The maximum atomic E-state index is 12.7. The van der Waals surface area contributed by atoms with Crippen LogP contribution in [0.5, 0.6) is 0 Å². The average molecular weight is 342 g/mol. The first kappa shape index (κ1) is 17.5. The lowest BCUT2D eigenvalue weighted by atomic mass is 9.97. The van der Waals surface area contributed by atoms with E-state index in [2.05, 4.69) is 17.3 Å². The standard InChI is InChI=1S/C19H26N4O2/c1-14(17-11-20-22(2)12-17)21-18-5-3-4-16(10-18)19(25)23-8-6-15(13-24)7-9-23/h3-5,10-12,14-15,21,24H,6-9,13H2,1-2H3. The zero-order valence-corrected chi connectivity index (χ0v) is 14.9. The third kappa shape index (κ3) is 4.20. The minimum absolute atomic E-state index is 0.0640. The fourth-order valence-electron chi connectivity index (χ4n) is 3.24. The van der Waals surface area contributed by atoms with Crippen LogP contribution >= 0.6 is 0 Å². The molecule has 3 rings (SSSR count). The van der Waals surface area contributed by atoms with Crippen molar-refractivity contribution in [3.05, 3.63) is 47.8 Å². The summed E-state index contributed by atoms with van der Waals surface area (Å²) in [7, 11) is 1.90. The van der Waals surface area contributed by atoms with Crippen LogP contribution in [0.2, 0.25) is 0 Å². The van der Waals surface area contributed by atoms with E-state index in [1.54, 1.807) is 4.68 Å². The number of hydrogen-bond donors (Lipinski definition) is 2. The molecule has 1 aromatic heterocycles. The highest BCUT2D eigenvalue weighted by atomic mass is 16.3. The highest BCUT2D eigenvalue weighted by Gasteiger charge is 2.23. The van der Waals surface area contributed by atoms with Crippen molar-refractivity contribution in [1.29, 1.82) is 0 Å². The molecule has 0 bridgehead atoms. The lowest BCUT2D eigenvalue weighted by Gasteiger charge is -2.31. The van der Waals surface area contributed by atoms with Crippen molar-refractivity contribution in [2.45, 2.75) is 25.8 Å². The number of hydrogen-bond acceptors (Lipinski definition) is 4. The van der Waals surface area contributed by atoms with Gasteiger partial charge in [0.25, 0.3) is 5.91 Å². The number of anilines is 1. The molecule has 1 amide bonds. The summed E-state index contributed by atoms with van der Waals surface area (Å²) in [6, 6.07) is 7.76. The first-order chi connectivity index (χ1) is 12.1. The molecule has 1 aliphatic heterocycles. The lowest BCUT2D eigenvalue weighted by Crippen LogP contribution is -2.39. The molecule has 6 nitrogen and oxygen atoms in total. The molecule has 134 valence electrons. The Morgan fingerprint density at radius 1 is 1.40 bits per heavy atom. The third-order valence-electron chi connectivity index (χ3n) is 4.88. The molecule has 0 aliphatic carbocycles. The van der Waals surface area contributed by atoms with Crippen LogP contribution in [0.25, 0.3) is 0 Å². The van der Waals surface area contributed by atoms with Gasteiger partial charge in [-0.1, -0.05) is 6.07 Å². The molecule has 6 heteroatoms. The van der Waals surface area contributed by atoms with Crippen molar-refractivity contribution < 1.29 is 9.90 Å². The largest absolute Gasteiger partial charge is 0.396 e. The topological polar surface area (TPSA) is 70.4 Å². The molecular formula is C19H26N4O2. The number of nitrogens with zero attached hydrogens (tertiary/aromatic N) is 3. The fraction of sp³-hybridized carbons (Fsp3) is 0.474. The SMILES string of the molecule is CC(Nc1cccc(C(=O)N2CCC(CO)CC2)c1)c1cnn(C)c1. The number of likely N-dealkylation sites (tertiary alicyclic amines) is 1. The minimum atomic E-state index is 0.0640. The first-order valence-electron chi connectivity index (χ1n) is 8.82. The molecule has 0 radical (unpaired) electrons. The lowest BCUT2D eigenvalue weighted by molar-refractivity contribution is 0.0651. The first-order valence-corrected chi connectivity index (χ1v) is 8.82. The van der Waals surface area contributed by atoms with Crippen molar-refractivity contribution in [2.24, 2.45) is 13.0 Å². The molecule has 0 spiro atoms. The quantitative estimate of drug-likeness (QED) is 0.875. The Morgan fingerprint density at radius 2 is 2.16 bits per heavy atom. The van der Waals surface area contributed by atoms with Crippen molar-refractivity contribution >= 4 is 11.6 Å². The Morgan fingerprint density at radius 3 is 2.80 bits per heavy atom. The Bertz CT molecular complexity index is 720. The van der Waals surface area contributed by atoms with E-state index >= 15 is 0 Å². The number of carbonyl (C=O) groups excluding carboxylic acids is 1. The van der Waals surface area contributed by atoms with E-state index in [-0.39, 0.29) is 18.6 Å². The normalized spacial score (nSPS) is 16.7. The number of benzene rings is 1. The van der Waals surface area contributed by atoms with Gasteiger partial charge >= 0.3 is 0 Å². The summed E-state index contributed by atoms with van der Waals surface area (Å²) < 4.78 is 1.78. The van der Waals surface area contributed by atoms with E-state index in [9.17, 15) is 9.90 Å². The summed E-state index contributed by atoms with van der Waals surface area (Å²) >= 11 is 0. The molecule has 1 aliphatic rings. The van der Waals surface area contributed by atoms with Crippen molar-refractivity contribution in [2.75, 3.05) is 25.0 Å². The zero-order valence-electron chi connectivity index (χ0n) is 14.9. The van der Waals surface area contributed by atoms with Crippen molar-refractivity contribution in [3.63, 3.8) is 0 Å². The van der Waals surface area contributed by atoms with E-state index < -0.39 is 0 Å². The van der Waals surface area contributed by atoms with E-state index in [0.717, 1.165) is 24.1 Å². The fourth-order valence-corrected chi connectivity index (χ4v) is 3.24. The number of carbonyl (C=O) groups is 1. The predicted molar refractivity (Wildman–Crippen MR) is 97.4 cm³/mol. The van der Waals surface area contributed by atoms with Crippen LogP contribution in [0.15, 0.2) is 36.7 Å². The Balaban J connectivity index is 1.66. The van der Waals surface area contributed by atoms with Crippen LogP contribution in [0.4, 0.5) is 5.69 Å². The molecule has 2 aromatic rings. The molecule has 2 N–H and O–H groups in total. The monoisotopic (exact) mass is 342 g/mol. The van der Waals surface area contributed by atoms with Gasteiger partial charge in [-0.3, -0.25) is 9.48 Å². The molecule has 1 aromatic carbocycles. The van der Waals surface area contributed by atoms with Gasteiger partial charge in [-0.25, -0.2) is 0 Å². The maximum absolute atomic E-state index is 12.7. The van der Waals surface area contributed by atoms with Crippen LogP contribution in [0.1, 0.15) is 41.7 Å². The van der Waals surface area contributed by atoms with Crippen LogP contribution in [-0.2, 0) is 7.05 Å². The van der Waals surface area contributed by atoms with Gasteiger partial charge in [0.15, 0.2) is 0 Å². The number of aliphatic hydroxyl groups excluding tert-OH is 1. The Labute approximate surface area is 148 Å². The predicted octanol–water partition coefficient (Wildman–Crippen LogP) is 2.44.